The molecule has 2 atom stereocenters. The molecule has 0 spiro atoms. The van der Waals surface area contributed by atoms with Crippen molar-refractivity contribution >= 4 is 10.0 Å². The van der Waals surface area contributed by atoms with Gasteiger partial charge in [-0.1, -0.05) is 26.8 Å². The molecule has 0 aromatic heterocycles. The molecule has 0 rings (SSSR count). The second kappa shape index (κ2) is 5.51. The maximum Gasteiger partial charge on any atom is 0.212 e. The van der Waals surface area contributed by atoms with Crippen molar-refractivity contribution in [3.05, 3.63) is 12.7 Å². The summed E-state index contributed by atoms with van der Waals surface area (Å²) >= 11 is 0. The van der Waals surface area contributed by atoms with Crippen molar-refractivity contribution in [2.75, 3.05) is 0 Å². The fraction of sp³-hybridized carbons (Fsp3) is 0.800. The minimum Gasteiger partial charge on any atom is -0.228 e. The van der Waals surface area contributed by atoms with Crippen LogP contribution in [0.25, 0.3) is 0 Å². The predicted octanol–water partition coefficient (Wildman–Crippen LogP) is 1.90. The summed E-state index contributed by atoms with van der Waals surface area (Å²) in [5.74, 6) is 0.385. The zero-order valence-corrected chi connectivity index (χ0v) is 10.0. The Labute approximate surface area is 87.4 Å². The lowest BCUT2D eigenvalue weighted by Gasteiger charge is -2.22. The van der Waals surface area contributed by atoms with E-state index in [4.69, 9.17) is 5.14 Å². The van der Waals surface area contributed by atoms with Crippen LogP contribution in [-0.4, -0.2) is 13.7 Å². The Balaban J connectivity index is 4.64. The lowest BCUT2D eigenvalue weighted by atomic mass is 9.96. The van der Waals surface area contributed by atoms with Crippen molar-refractivity contribution in [3.8, 4) is 0 Å². The third kappa shape index (κ3) is 4.77. The zero-order valence-electron chi connectivity index (χ0n) is 9.23. The fourth-order valence-electron chi connectivity index (χ4n) is 1.57. The summed E-state index contributed by atoms with van der Waals surface area (Å²) < 4.78 is 22.7. The van der Waals surface area contributed by atoms with Gasteiger partial charge in [0.15, 0.2) is 0 Å². The van der Waals surface area contributed by atoms with Crippen LogP contribution in [0.4, 0.5) is 0 Å². The minimum absolute atomic E-state index is 0.0462. The maximum atomic E-state index is 11.3. The molecular formula is C10H21NO2S. The molecule has 0 heterocycles. The molecule has 2 N–H and O–H groups in total. The van der Waals surface area contributed by atoms with Crippen LogP contribution in [0.1, 0.15) is 33.6 Å². The average molecular weight is 219 g/mol. The summed E-state index contributed by atoms with van der Waals surface area (Å²) in [4.78, 5) is 0. The van der Waals surface area contributed by atoms with E-state index < -0.39 is 15.3 Å². The fourth-order valence-corrected chi connectivity index (χ4v) is 2.98. The van der Waals surface area contributed by atoms with Gasteiger partial charge >= 0.3 is 0 Å². The first-order valence-corrected chi connectivity index (χ1v) is 6.52. The summed E-state index contributed by atoms with van der Waals surface area (Å²) in [6.45, 7) is 9.51. The SMILES string of the molecule is C=CC[C@H](C)[C@@H](CC(C)C)S(N)(=O)=O. The maximum absolute atomic E-state index is 11.3. The molecule has 0 aromatic carbocycles. The molecule has 3 nitrogen and oxygen atoms in total. The Morgan fingerprint density at radius 2 is 1.86 bits per heavy atom. The van der Waals surface area contributed by atoms with Gasteiger partial charge in [0.25, 0.3) is 0 Å². The number of primary sulfonamides is 1. The summed E-state index contributed by atoms with van der Waals surface area (Å²) in [7, 11) is -3.43. The van der Waals surface area contributed by atoms with Crippen LogP contribution < -0.4 is 5.14 Å². The standard InChI is InChI=1S/C10H21NO2S/c1-5-6-9(4)10(7-8(2)3)14(11,12)13/h5,8-10H,1,6-7H2,2-4H3,(H2,11,12,13)/t9-,10+/m0/s1. The van der Waals surface area contributed by atoms with E-state index in [1.807, 2.05) is 20.8 Å². The highest BCUT2D eigenvalue weighted by Crippen LogP contribution is 2.21. The molecule has 0 aliphatic rings. The Morgan fingerprint density at radius 1 is 1.36 bits per heavy atom. The molecule has 0 saturated carbocycles. The van der Waals surface area contributed by atoms with Crippen molar-refractivity contribution < 1.29 is 8.42 Å². The van der Waals surface area contributed by atoms with Crippen molar-refractivity contribution in [2.45, 2.75) is 38.9 Å². The van der Waals surface area contributed by atoms with Gasteiger partial charge in [-0.25, -0.2) is 13.6 Å². The van der Waals surface area contributed by atoms with E-state index in [0.717, 1.165) is 0 Å². The molecule has 14 heavy (non-hydrogen) atoms. The van der Waals surface area contributed by atoms with Crippen LogP contribution in [0.5, 0.6) is 0 Å². The summed E-state index contributed by atoms with van der Waals surface area (Å²) in [6, 6.07) is 0. The molecular weight excluding hydrogens is 198 g/mol. The van der Waals surface area contributed by atoms with Crippen molar-refractivity contribution in [1.29, 1.82) is 0 Å². The minimum atomic E-state index is -3.43. The number of hydrogen-bond donors (Lipinski definition) is 1. The molecule has 0 aliphatic heterocycles. The van der Waals surface area contributed by atoms with Gasteiger partial charge in [0, 0.05) is 0 Å². The van der Waals surface area contributed by atoms with Gasteiger partial charge in [-0.3, -0.25) is 0 Å². The summed E-state index contributed by atoms with van der Waals surface area (Å²) in [5, 5.41) is 4.75. The van der Waals surface area contributed by atoms with Crippen molar-refractivity contribution in [1.82, 2.24) is 0 Å². The van der Waals surface area contributed by atoms with E-state index >= 15 is 0 Å². The number of rotatable bonds is 6. The highest BCUT2D eigenvalue weighted by atomic mass is 32.2. The molecule has 0 saturated heterocycles. The van der Waals surface area contributed by atoms with Crippen LogP contribution in [0.3, 0.4) is 0 Å². The van der Waals surface area contributed by atoms with Gasteiger partial charge in [0.1, 0.15) is 0 Å². The first-order valence-electron chi connectivity index (χ1n) is 4.91. The highest BCUT2D eigenvalue weighted by molar-refractivity contribution is 7.89. The third-order valence-corrected chi connectivity index (χ3v) is 3.80. The molecule has 0 bridgehead atoms. The second-order valence-electron chi connectivity index (χ2n) is 4.26. The molecule has 0 unspecified atom stereocenters. The first-order chi connectivity index (χ1) is 6.29. The number of hydrogen-bond acceptors (Lipinski definition) is 2. The lowest BCUT2D eigenvalue weighted by Crippen LogP contribution is -2.35. The van der Waals surface area contributed by atoms with Gasteiger partial charge in [-0.15, -0.1) is 6.58 Å². The molecule has 4 heteroatoms. The normalized spacial score (nSPS) is 16.6. The predicted molar refractivity (Wildman–Crippen MR) is 60.3 cm³/mol. The van der Waals surface area contributed by atoms with Crippen LogP contribution in [0, 0.1) is 11.8 Å². The van der Waals surface area contributed by atoms with Crippen LogP contribution in [0.2, 0.25) is 0 Å². The average Bonchev–Trinajstić information content (AvgIpc) is 1.98. The quantitative estimate of drug-likeness (QED) is 0.694. The monoisotopic (exact) mass is 219 g/mol. The van der Waals surface area contributed by atoms with E-state index in [1.165, 1.54) is 0 Å². The Morgan fingerprint density at radius 3 is 2.14 bits per heavy atom. The van der Waals surface area contributed by atoms with Crippen LogP contribution >= 0.6 is 0 Å². The second-order valence-corrected chi connectivity index (χ2v) is 6.04. The topological polar surface area (TPSA) is 60.2 Å². The molecule has 0 radical (unpaired) electrons. The van der Waals surface area contributed by atoms with Gasteiger partial charge in [0.2, 0.25) is 10.0 Å². The third-order valence-electron chi connectivity index (χ3n) is 2.30. The summed E-state index contributed by atoms with van der Waals surface area (Å²) in [6.07, 6.45) is 3.05. The molecule has 0 amide bonds. The largest absolute Gasteiger partial charge is 0.228 e. The Hall–Kier alpha value is -0.350. The molecule has 0 aromatic rings. The van der Waals surface area contributed by atoms with E-state index in [2.05, 4.69) is 6.58 Å². The van der Waals surface area contributed by atoms with Crippen LogP contribution in [-0.2, 0) is 10.0 Å². The Bertz CT molecular complexity index is 270. The highest BCUT2D eigenvalue weighted by Gasteiger charge is 2.27. The van der Waals surface area contributed by atoms with E-state index in [1.54, 1.807) is 6.08 Å². The summed E-state index contributed by atoms with van der Waals surface area (Å²) in [5.41, 5.74) is 0. The van der Waals surface area contributed by atoms with Gasteiger partial charge in [0.05, 0.1) is 5.25 Å². The number of sulfonamides is 1. The van der Waals surface area contributed by atoms with E-state index in [0.29, 0.717) is 18.8 Å². The number of allylic oxidation sites excluding steroid dienone is 1. The van der Waals surface area contributed by atoms with Gasteiger partial charge < -0.3 is 0 Å². The molecule has 0 aliphatic carbocycles. The van der Waals surface area contributed by atoms with Gasteiger partial charge in [-0.05, 0) is 24.7 Å². The molecule has 84 valence electrons. The zero-order chi connectivity index (χ0) is 11.4. The first kappa shape index (κ1) is 13.7. The van der Waals surface area contributed by atoms with Gasteiger partial charge in [-0.2, -0.15) is 0 Å². The number of nitrogens with two attached hydrogens (primary N) is 1. The van der Waals surface area contributed by atoms with Crippen molar-refractivity contribution in [2.24, 2.45) is 17.0 Å². The lowest BCUT2D eigenvalue weighted by molar-refractivity contribution is 0.441. The molecule has 0 fully saturated rings. The van der Waals surface area contributed by atoms with Crippen molar-refractivity contribution in [3.63, 3.8) is 0 Å². The smallest absolute Gasteiger partial charge is 0.212 e. The van der Waals surface area contributed by atoms with E-state index in [-0.39, 0.29) is 5.92 Å². The van der Waals surface area contributed by atoms with E-state index in [9.17, 15) is 8.42 Å². The Kier molecular flexibility index (Phi) is 5.37. The van der Waals surface area contributed by atoms with Crippen LogP contribution in [0.15, 0.2) is 12.7 Å².